The quantitative estimate of drug-likeness (QED) is 0.681. The van der Waals surface area contributed by atoms with E-state index in [0.29, 0.717) is 22.6 Å². The van der Waals surface area contributed by atoms with Gasteiger partial charge in [-0.3, -0.25) is 4.79 Å². The van der Waals surface area contributed by atoms with Gasteiger partial charge in [-0.15, -0.1) is 0 Å². The van der Waals surface area contributed by atoms with E-state index in [2.05, 4.69) is 10.5 Å². The van der Waals surface area contributed by atoms with Gasteiger partial charge in [0.1, 0.15) is 11.6 Å². The molecule has 6 heteroatoms. The van der Waals surface area contributed by atoms with E-state index >= 15 is 0 Å². The summed E-state index contributed by atoms with van der Waals surface area (Å²) in [5, 5.41) is 12.5. The summed E-state index contributed by atoms with van der Waals surface area (Å²) in [6.45, 7) is 1.36. The summed E-state index contributed by atoms with van der Waals surface area (Å²) < 4.78 is 18.8. The molecule has 0 spiro atoms. The second-order valence-corrected chi connectivity index (χ2v) is 4.64. The molecule has 0 aliphatic heterocycles. The lowest BCUT2D eigenvalue weighted by Crippen LogP contribution is -2.25. The van der Waals surface area contributed by atoms with Crippen molar-refractivity contribution in [2.24, 2.45) is 5.10 Å². The molecular formula is C17H14FN3O2. The second kappa shape index (κ2) is 7.71. The number of ether oxygens (including phenoxy) is 1. The zero-order valence-corrected chi connectivity index (χ0v) is 12.4. The minimum absolute atomic E-state index is 0.236. The Labute approximate surface area is 133 Å². The predicted molar refractivity (Wildman–Crippen MR) is 83.4 cm³/mol. The van der Waals surface area contributed by atoms with Crippen molar-refractivity contribution in [1.29, 1.82) is 5.26 Å². The van der Waals surface area contributed by atoms with Crippen LogP contribution in [0.15, 0.2) is 53.6 Å². The number of carbonyl (C=O) groups excluding carboxylic acids is 1. The largest absolute Gasteiger partial charge is 0.484 e. The van der Waals surface area contributed by atoms with Crippen LogP contribution in [0.3, 0.4) is 0 Å². The monoisotopic (exact) mass is 311 g/mol. The zero-order valence-electron chi connectivity index (χ0n) is 12.4. The van der Waals surface area contributed by atoms with E-state index in [1.807, 2.05) is 6.07 Å². The van der Waals surface area contributed by atoms with Gasteiger partial charge in [-0.2, -0.15) is 10.4 Å². The van der Waals surface area contributed by atoms with Gasteiger partial charge in [0, 0.05) is 5.56 Å². The molecule has 0 heterocycles. The van der Waals surface area contributed by atoms with E-state index in [1.54, 1.807) is 49.4 Å². The number of hydrogen-bond donors (Lipinski definition) is 1. The predicted octanol–water partition coefficient (Wildman–Crippen LogP) is 2.62. The van der Waals surface area contributed by atoms with Crippen molar-refractivity contribution < 1.29 is 13.9 Å². The fourth-order valence-electron chi connectivity index (χ4n) is 1.77. The lowest BCUT2D eigenvalue weighted by Gasteiger charge is -2.06. The number of rotatable bonds is 5. The third kappa shape index (κ3) is 4.64. The maximum Gasteiger partial charge on any atom is 0.277 e. The van der Waals surface area contributed by atoms with Crippen LogP contribution in [0.25, 0.3) is 0 Å². The fourth-order valence-corrected chi connectivity index (χ4v) is 1.77. The first-order chi connectivity index (χ1) is 11.1. The fraction of sp³-hybridized carbons (Fsp3) is 0.118. The molecule has 2 aromatic rings. The average Bonchev–Trinajstić information content (AvgIpc) is 2.58. The molecule has 2 aromatic carbocycles. The van der Waals surface area contributed by atoms with Crippen LogP contribution < -0.4 is 10.2 Å². The summed E-state index contributed by atoms with van der Waals surface area (Å²) >= 11 is 0. The topological polar surface area (TPSA) is 74.5 Å². The van der Waals surface area contributed by atoms with Crippen molar-refractivity contribution in [3.63, 3.8) is 0 Å². The average molecular weight is 311 g/mol. The number of hydrogen-bond acceptors (Lipinski definition) is 4. The van der Waals surface area contributed by atoms with Gasteiger partial charge >= 0.3 is 0 Å². The van der Waals surface area contributed by atoms with Gasteiger partial charge in [0.15, 0.2) is 6.61 Å². The molecule has 0 saturated heterocycles. The highest BCUT2D eigenvalue weighted by molar-refractivity contribution is 5.99. The van der Waals surface area contributed by atoms with Gasteiger partial charge < -0.3 is 4.74 Å². The highest BCUT2D eigenvalue weighted by Crippen LogP contribution is 2.11. The molecule has 1 amide bonds. The number of nitrogens with zero attached hydrogens (tertiary/aromatic N) is 2. The number of nitriles is 1. The minimum Gasteiger partial charge on any atom is -0.484 e. The molecule has 1 N–H and O–H groups in total. The zero-order chi connectivity index (χ0) is 16.7. The summed E-state index contributed by atoms with van der Waals surface area (Å²) in [6, 6.07) is 14.5. The summed E-state index contributed by atoms with van der Waals surface area (Å²) in [5.41, 5.74) is 3.49. The highest BCUT2D eigenvalue weighted by atomic mass is 19.1. The number of nitrogens with one attached hydrogen (secondary N) is 1. The maximum absolute atomic E-state index is 13.6. The van der Waals surface area contributed by atoms with Gasteiger partial charge in [0.25, 0.3) is 5.91 Å². The lowest BCUT2D eigenvalue weighted by molar-refractivity contribution is -0.123. The number of carbonyl (C=O) groups is 1. The van der Waals surface area contributed by atoms with Crippen molar-refractivity contribution in [2.75, 3.05) is 6.61 Å². The van der Waals surface area contributed by atoms with E-state index in [4.69, 9.17) is 10.00 Å². The van der Waals surface area contributed by atoms with Crippen molar-refractivity contribution in [2.45, 2.75) is 6.92 Å². The van der Waals surface area contributed by atoms with Gasteiger partial charge in [-0.05, 0) is 37.3 Å². The van der Waals surface area contributed by atoms with Crippen LogP contribution in [0.1, 0.15) is 18.1 Å². The second-order valence-electron chi connectivity index (χ2n) is 4.64. The van der Waals surface area contributed by atoms with E-state index in [9.17, 15) is 9.18 Å². The Hall–Kier alpha value is -3.20. The Morgan fingerprint density at radius 1 is 1.26 bits per heavy atom. The van der Waals surface area contributed by atoms with Crippen LogP contribution in [0.4, 0.5) is 4.39 Å². The molecule has 2 rings (SSSR count). The SMILES string of the molecule is CC(=NNC(=O)COc1ccc(C#N)cc1)c1ccccc1F. The number of hydrazone groups is 1. The van der Waals surface area contributed by atoms with Crippen LogP contribution >= 0.6 is 0 Å². The number of halogens is 1. The van der Waals surface area contributed by atoms with Crippen LogP contribution in [0, 0.1) is 17.1 Å². The van der Waals surface area contributed by atoms with E-state index in [0.717, 1.165) is 0 Å². The smallest absolute Gasteiger partial charge is 0.277 e. The maximum atomic E-state index is 13.6. The van der Waals surface area contributed by atoms with Gasteiger partial charge in [-0.1, -0.05) is 18.2 Å². The Balaban J connectivity index is 1.88. The summed E-state index contributed by atoms with van der Waals surface area (Å²) in [5.74, 6) is -0.407. The molecule has 0 atom stereocenters. The minimum atomic E-state index is -0.468. The van der Waals surface area contributed by atoms with Gasteiger partial charge in [-0.25, -0.2) is 9.82 Å². The summed E-state index contributed by atoms with van der Waals surface area (Å²) in [7, 11) is 0. The molecule has 0 aromatic heterocycles. The van der Waals surface area contributed by atoms with E-state index in [-0.39, 0.29) is 6.61 Å². The molecule has 0 fully saturated rings. The van der Waals surface area contributed by atoms with Crippen molar-refractivity contribution in [3.05, 3.63) is 65.5 Å². The van der Waals surface area contributed by atoms with Crippen LogP contribution in [0.5, 0.6) is 5.75 Å². The van der Waals surface area contributed by atoms with E-state index < -0.39 is 11.7 Å². The van der Waals surface area contributed by atoms with E-state index in [1.165, 1.54) is 6.07 Å². The van der Waals surface area contributed by atoms with Crippen LogP contribution in [-0.2, 0) is 4.79 Å². The van der Waals surface area contributed by atoms with Crippen molar-refractivity contribution >= 4 is 11.6 Å². The summed E-state index contributed by atoms with van der Waals surface area (Å²) in [6.07, 6.45) is 0. The molecule has 23 heavy (non-hydrogen) atoms. The molecule has 0 unspecified atom stereocenters. The Morgan fingerprint density at radius 2 is 1.96 bits per heavy atom. The summed E-state index contributed by atoms with van der Waals surface area (Å²) in [4.78, 5) is 11.7. The van der Waals surface area contributed by atoms with Crippen molar-refractivity contribution in [1.82, 2.24) is 5.43 Å². The van der Waals surface area contributed by atoms with Crippen molar-refractivity contribution in [3.8, 4) is 11.8 Å². The first-order valence-electron chi connectivity index (χ1n) is 6.81. The first kappa shape index (κ1) is 16.2. The normalized spacial score (nSPS) is 10.7. The molecule has 0 bridgehead atoms. The third-order valence-corrected chi connectivity index (χ3v) is 2.97. The number of amides is 1. The molecule has 0 aliphatic rings. The molecule has 5 nitrogen and oxygen atoms in total. The molecular weight excluding hydrogens is 297 g/mol. The van der Waals surface area contributed by atoms with Gasteiger partial charge in [0.05, 0.1) is 17.3 Å². The van der Waals surface area contributed by atoms with Crippen LogP contribution in [-0.4, -0.2) is 18.2 Å². The Morgan fingerprint density at radius 3 is 2.61 bits per heavy atom. The molecule has 0 saturated carbocycles. The molecule has 116 valence electrons. The highest BCUT2D eigenvalue weighted by Gasteiger charge is 2.06. The first-order valence-corrected chi connectivity index (χ1v) is 6.81. The third-order valence-electron chi connectivity index (χ3n) is 2.97. The van der Waals surface area contributed by atoms with Gasteiger partial charge in [0.2, 0.25) is 0 Å². The lowest BCUT2D eigenvalue weighted by atomic mass is 10.1. The Kier molecular flexibility index (Phi) is 5.42. The van der Waals surface area contributed by atoms with Crippen LogP contribution in [0.2, 0.25) is 0 Å². The molecule has 0 radical (unpaired) electrons. The Bertz CT molecular complexity index is 764. The number of benzene rings is 2. The standard InChI is InChI=1S/C17H14FN3O2/c1-12(15-4-2-3-5-16(15)18)20-21-17(22)11-23-14-8-6-13(10-19)7-9-14/h2-9H,11H2,1H3,(H,21,22). The molecule has 0 aliphatic carbocycles.